The van der Waals surface area contributed by atoms with Crippen LogP contribution in [0.1, 0.15) is 33.3 Å². The maximum Gasteiger partial charge on any atom is 0.270 e. The minimum Gasteiger partial charge on any atom is -0.478 e. The van der Waals surface area contributed by atoms with Crippen LogP contribution in [-0.4, -0.2) is 18.1 Å². The predicted molar refractivity (Wildman–Crippen MR) is 103 cm³/mol. The summed E-state index contributed by atoms with van der Waals surface area (Å²) in [6.07, 6.45) is 0.827. The zero-order valence-electron chi connectivity index (χ0n) is 15.0. The Hall–Kier alpha value is -1.88. The van der Waals surface area contributed by atoms with Gasteiger partial charge in [0.25, 0.3) is 5.91 Å². The molecule has 0 atom stereocenters. The second-order valence-corrected chi connectivity index (χ2v) is 6.96. The van der Waals surface area contributed by atoms with Crippen LogP contribution in [0.3, 0.4) is 0 Å². The number of hydrogen-bond donors (Lipinski definition) is 0. The molecule has 5 heteroatoms. The highest BCUT2D eigenvalue weighted by Crippen LogP contribution is 2.33. The maximum absolute atomic E-state index is 13.0. The van der Waals surface area contributed by atoms with Gasteiger partial charge in [-0.05, 0) is 68.3 Å². The van der Waals surface area contributed by atoms with E-state index in [1.165, 1.54) is 24.3 Å². The zero-order chi connectivity index (χ0) is 18.6. The number of carbonyl (C=O) groups excluding carboxylic acids is 1. The number of rotatable bonds is 3. The fourth-order valence-electron chi connectivity index (χ4n) is 2.75. The van der Waals surface area contributed by atoms with Gasteiger partial charge in [-0.25, -0.2) is 4.39 Å². The monoisotopic (exact) mass is 407 g/mol. The SMILES string of the molecule is CC.CC(C)(Oc1ccc(F)cc1)C(=O)N1CCc2cc(Br)ccc21. The van der Waals surface area contributed by atoms with Crippen molar-refractivity contribution in [2.24, 2.45) is 0 Å². The average Bonchev–Trinajstić information content (AvgIpc) is 3.00. The Labute approximate surface area is 156 Å². The van der Waals surface area contributed by atoms with Gasteiger partial charge in [0.2, 0.25) is 0 Å². The van der Waals surface area contributed by atoms with Gasteiger partial charge in [-0.3, -0.25) is 4.79 Å². The number of fused-ring (bicyclic) bond motifs is 1. The summed E-state index contributed by atoms with van der Waals surface area (Å²) in [5.74, 6) is 0.0309. The van der Waals surface area contributed by atoms with E-state index < -0.39 is 5.60 Å². The smallest absolute Gasteiger partial charge is 0.270 e. The first-order valence-electron chi connectivity index (χ1n) is 8.42. The van der Waals surface area contributed by atoms with E-state index in [0.717, 1.165) is 22.1 Å². The number of hydrogen-bond acceptors (Lipinski definition) is 2. The Bertz CT molecular complexity index is 744. The highest BCUT2D eigenvalue weighted by atomic mass is 79.9. The molecule has 0 aliphatic carbocycles. The average molecular weight is 408 g/mol. The normalized spacial score (nSPS) is 13.0. The third-order valence-corrected chi connectivity index (χ3v) is 4.38. The van der Waals surface area contributed by atoms with Crippen molar-refractivity contribution in [2.75, 3.05) is 11.4 Å². The number of anilines is 1. The number of halogens is 2. The maximum atomic E-state index is 13.0. The quantitative estimate of drug-likeness (QED) is 0.684. The van der Waals surface area contributed by atoms with Crippen LogP contribution in [-0.2, 0) is 11.2 Å². The Kier molecular flexibility index (Phi) is 6.22. The van der Waals surface area contributed by atoms with E-state index in [4.69, 9.17) is 4.74 Å². The lowest BCUT2D eigenvalue weighted by molar-refractivity contribution is -0.131. The molecule has 0 spiro atoms. The van der Waals surface area contributed by atoms with Gasteiger partial charge in [0, 0.05) is 16.7 Å². The molecular formula is C20H23BrFNO2. The Balaban J connectivity index is 0.00000109. The molecule has 134 valence electrons. The van der Waals surface area contributed by atoms with E-state index >= 15 is 0 Å². The molecule has 1 heterocycles. The number of carbonyl (C=O) groups is 1. The van der Waals surface area contributed by atoms with E-state index in [1.807, 2.05) is 32.0 Å². The second kappa shape index (κ2) is 8.00. The Morgan fingerprint density at radius 3 is 2.44 bits per heavy atom. The fourth-order valence-corrected chi connectivity index (χ4v) is 3.16. The van der Waals surface area contributed by atoms with Crippen molar-refractivity contribution in [3.63, 3.8) is 0 Å². The molecule has 3 nitrogen and oxygen atoms in total. The molecule has 0 fully saturated rings. The van der Waals surface area contributed by atoms with Crippen molar-refractivity contribution < 1.29 is 13.9 Å². The largest absolute Gasteiger partial charge is 0.478 e. The third-order valence-electron chi connectivity index (χ3n) is 3.88. The van der Waals surface area contributed by atoms with Gasteiger partial charge in [-0.15, -0.1) is 0 Å². The molecule has 0 saturated heterocycles. The summed E-state index contributed by atoms with van der Waals surface area (Å²) in [6, 6.07) is 11.6. The molecule has 1 aliphatic rings. The molecule has 0 bridgehead atoms. The highest BCUT2D eigenvalue weighted by Gasteiger charge is 2.37. The highest BCUT2D eigenvalue weighted by molar-refractivity contribution is 9.10. The van der Waals surface area contributed by atoms with Gasteiger partial charge in [-0.2, -0.15) is 0 Å². The molecular weight excluding hydrogens is 385 g/mol. The van der Waals surface area contributed by atoms with Crippen molar-refractivity contribution >= 4 is 27.5 Å². The summed E-state index contributed by atoms with van der Waals surface area (Å²) in [5.41, 5.74) is 1.03. The molecule has 0 saturated carbocycles. The molecule has 2 aromatic rings. The van der Waals surface area contributed by atoms with Crippen LogP contribution in [0, 0.1) is 5.82 Å². The molecule has 25 heavy (non-hydrogen) atoms. The summed E-state index contributed by atoms with van der Waals surface area (Å²) in [4.78, 5) is 14.7. The van der Waals surface area contributed by atoms with E-state index in [9.17, 15) is 9.18 Å². The van der Waals surface area contributed by atoms with Gasteiger partial charge in [0.05, 0.1) is 0 Å². The van der Waals surface area contributed by atoms with E-state index in [1.54, 1.807) is 18.7 Å². The molecule has 0 N–H and O–H groups in total. The molecule has 1 aliphatic heterocycles. The van der Waals surface area contributed by atoms with Gasteiger partial charge in [-0.1, -0.05) is 29.8 Å². The van der Waals surface area contributed by atoms with Crippen LogP contribution < -0.4 is 9.64 Å². The molecule has 3 rings (SSSR count). The fraction of sp³-hybridized carbons (Fsp3) is 0.350. The first-order valence-corrected chi connectivity index (χ1v) is 9.21. The molecule has 2 aromatic carbocycles. The number of ether oxygens (including phenoxy) is 1. The molecule has 0 radical (unpaired) electrons. The number of amides is 1. The molecule has 1 amide bonds. The first-order chi connectivity index (χ1) is 11.9. The Morgan fingerprint density at radius 1 is 1.16 bits per heavy atom. The van der Waals surface area contributed by atoms with Gasteiger partial charge < -0.3 is 9.64 Å². The van der Waals surface area contributed by atoms with E-state index in [0.29, 0.717) is 12.3 Å². The van der Waals surface area contributed by atoms with Crippen LogP contribution in [0.4, 0.5) is 10.1 Å². The van der Waals surface area contributed by atoms with Crippen molar-refractivity contribution in [3.05, 3.63) is 58.3 Å². The van der Waals surface area contributed by atoms with Crippen molar-refractivity contribution in [1.29, 1.82) is 0 Å². The van der Waals surface area contributed by atoms with Crippen LogP contribution in [0.2, 0.25) is 0 Å². The number of benzene rings is 2. The summed E-state index contributed by atoms with van der Waals surface area (Å²) >= 11 is 3.45. The first kappa shape index (κ1) is 19.4. The summed E-state index contributed by atoms with van der Waals surface area (Å²) < 4.78 is 19.8. The van der Waals surface area contributed by atoms with Crippen molar-refractivity contribution in [2.45, 2.75) is 39.7 Å². The lowest BCUT2D eigenvalue weighted by Gasteiger charge is -2.30. The number of nitrogens with zero attached hydrogens (tertiary/aromatic N) is 1. The van der Waals surface area contributed by atoms with Crippen LogP contribution in [0.25, 0.3) is 0 Å². The topological polar surface area (TPSA) is 29.5 Å². The van der Waals surface area contributed by atoms with Crippen molar-refractivity contribution in [1.82, 2.24) is 0 Å². The van der Waals surface area contributed by atoms with Crippen molar-refractivity contribution in [3.8, 4) is 5.75 Å². The lowest BCUT2D eigenvalue weighted by atomic mass is 10.1. The second-order valence-electron chi connectivity index (χ2n) is 6.05. The third kappa shape index (κ3) is 4.40. The van der Waals surface area contributed by atoms with Gasteiger partial charge in [0.1, 0.15) is 11.6 Å². The van der Waals surface area contributed by atoms with Gasteiger partial charge in [0.15, 0.2) is 5.60 Å². The van der Waals surface area contributed by atoms with Crippen LogP contribution in [0.15, 0.2) is 46.9 Å². The van der Waals surface area contributed by atoms with E-state index in [2.05, 4.69) is 15.9 Å². The lowest BCUT2D eigenvalue weighted by Crippen LogP contribution is -2.48. The van der Waals surface area contributed by atoms with Crippen LogP contribution >= 0.6 is 15.9 Å². The zero-order valence-corrected chi connectivity index (χ0v) is 16.6. The summed E-state index contributed by atoms with van der Waals surface area (Å²) in [6.45, 7) is 8.10. The standard InChI is InChI=1S/C18H17BrFNO2.C2H6/c1-18(2,23-15-6-4-14(20)5-7-15)17(22)21-10-9-12-11-13(19)3-8-16(12)21;1-2/h3-8,11H,9-10H2,1-2H3;1-2H3. The minimum absolute atomic E-state index is 0.108. The summed E-state index contributed by atoms with van der Waals surface area (Å²) in [5, 5.41) is 0. The van der Waals surface area contributed by atoms with Crippen LogP contribution in [0.5, 0.6) is 5.75 Å². The summed E-state index contributed by atoms with van der Waals surface area (Å²) in [7, 11) is 0. The van der Waals surface area contributed by atoms with E-state index in [-0.39, 0.29) is 11.7 Å². The molecule has 0 aromatic heterocycles. The molecule has 0 unspecified atom stereocenters. The minimum atomic E-state index is -1.04. The Morgan fingerprint density at radius 2 is 1.80 bits per heavy atom. The van der Waals surface area contributed by atoms with Gasteiger partial charge >= 0.3 is 0 Å². The predicted octanol–water partition coefficient (Wildman–Crippen LogP) is 5.36.